The molecule has 0 unspecified atom stereocenters. The summed E-state index contributed by atoms with van der Waals surface area (Å²) in [5.74, 6) is 1.000. The maximum atomic E-state index is 12.0. The highest BCUT2D eigenvalue weighted by molar-refractivity contribution is 5.88. The molecule has 0 atom stereocenters. The lowest BCUT2D eigenvalue weighted by Crippen LogP contribution is -2.49. The van der Waals surface area contributed by atoms with Gasteiger partial charge in [0.15, 0.2) is 6.61 Å². The van der Waals surface area contributed by atoms with Crippen LogP contribution >= 0.6 is 0 Å². The molecule has 0 radical (unpaired) electrons. The molecule has 3 rings (SSSR count). The molecule has 1 amide bonds. The average molecular weight is 422 g/mol. The second-order valence-electron chi connectivity index (χ2n) is 8.48. The summed E-state index contributed by atoms with van der Waals surface area (Å²) in [6.45, 7) is 10.9. The fraction of sp³-hybridized carbons (Fsp3) is 0.360. The van der Waals surface area contributed by atoms with Crippen LogP contribution in [0.25, 0.3) is 5.57 Å². The van der Waals surface area contributed by atoms with Crippen LogP contribution in [0.4, 0.5) is 5.69 Å². The third-order valence-corrected chi connectivity index (χ3v) is 5.24. The molecular formula is C25H31N3O3. The minimum Gasteiger partial charge on any atom is -0.497 e. The monoisotopic (exact) mass is 421 g/mol. The van der Waals surface area contributed by atoms with Crippen molar-refractivity contribution in [3.8, 4) is 11.5 Å². The molecule has 1 heterocycles. The van der Waals surface area contributed by atoms with Gasteiger partial charge in [-0.15, -0.1) is 0 Å². The number of fused-ring (bicyclic) bond motifs is 1. The van der Waals surface area contributed by atoms with Crippen LogP contribution in [0.15, 0.2) is 53.6 Å². The normalized spacial score (nSPS) is 14.9. The summed E-state index contributed by atoms with van der Waals surface area (Å²) in [6.07, 6.45) is 3.95. The number of nitrogens with zero attached hydrogens (tertiary/aromatic N) is 2. The van der Waals surface area contributed by atoms with Crippen LogP contribution in [0.1, 0.15) is 45.7 Å². The summed E-state index contributed by atoms with van der Waals surface area (Å²) in [5, 5.41) is 4.08. The van der Waals surface area contributed by atoms with E-state index in [-0.39, 0.29) is 18.1 Å². The maximum absolute atomic E-state index is 12.0. The summed E-state index contributed by atoms with van der Waals surface area (Å²) in [6, 6.07) is 13.7. The zero-order chi connectivity index (χ0) is 22.6. The van der Waals surface area contributed by atoms with Crippen molar-refractivity contribution in [2.45, 2.75) is 46.2 Å². The van der Waals surface area contributed by atoms with Crippen LogP contribution < -0.4 is 19.8 Å². The molecule has 2 aromatic carbocycles. The quantitative estimate of drug-likeness (QED) is 0.523. The van der Waals surface area contributed by atoms with Crippen molar-refractivity contribution in [1.82, 2.24) is 5.43 Å². The molecule has 1 aliphatic heterocycles. The van der Waals surface area contributed by atoms with Gasteiger partial charge in [-0.2, -0.15) is 5.10 Å². The third-order valence-electron chi connectivity index (χ3n) is 5.24. The van der Waals surface area contributed by atoms with E-state index in [0.717, 1.165) is 11.3 Å². The predicted octanol–water partition coefficient (Wildman–Crippen LogP) is 4.63. The molecule has 1 aliphatic rings. The number of benzene rings is 2. The average Bonchev–Trinajstić information content (AvgIpc) is 2.72. The van der Waals surface area contributed by atoms with Gasteiger partial charge in [-0.1, -0.05) is 12.1 Å². The first kappa shape index (κ1) is 22.4. The lowest BCUT2D eigenvalue weighted by Gasteiger charge is -2.46. The Morgan fingerprint density at radius 2 is 1.84 bits per heavy atom. The highest BCUT2D eigenvalue weighted by Gasteiger charge is 2.32. The molecule has 6 nitrogen and oxygen atoms in total. The van der Waals surface area contributed by atoms with Gasteiger partial charge in [-0.3, -0.25) is 4.79 Å². The molecule has 0 aromatic heterocycles. The molecule has 6 heteroatoms. The van der Waals surface area contributed by atoms with Gasteiger partial charge in [0.25, 0.3) is 5.91 Å². The second kappa shape index (κ2) is 9.25. The van der Waals surface area contributed by atoms with Crippen LogP contribution in [0.2, 0.25) is 0 Å². The molecule has 164 valence electrons. The number of hydrazone groups is 1. The zero-order valence-electron chi connectivity index (χ0n) is 19.1. The fourth-order valence-corrected chi connectivity index (χ4v) is 4.12. The van der Waals surface area contributed by atoms with E-state index < -0.39 is 0 Å². The van der Waals surface area contributed by atoms with Crippen LogP contribution in [0.3, 0.4) is 0 Å². The van der Waals surface area contributed by atoms with Gasteiger partial charge in [0.1, 0.15) is 11.5 Å². The molecule has 0 bridgehead atoms. The van der Waals surface area contributed by atoms with Crippen LogP contribution in [-0.2, 0) is 4.79 Å². The Balaban J connectivity index is 1.62. The molecule has 31 heavy (non-hydrogen) atoms. The van der Waals surface area contributed by atoms with Crippen molar-refractivity contribution >= 4 is 23.4 Å². The number of carbonyl (C=O) groups excluding carboxylic acids is 1. The predicted molar refractivity (Wildman–Crippen MR) is 126 cm³/mol. The third kappa shape index (κ3) is 5.26. The van der Waals surface area contributed by atoms with Gasteiger partial charge in [-0.05, 0) is 82.2 Å². The summed E-state index contributed by atoms with van der Waals surface area (Å²) < 4.78 is 10.6. The van der Waals surface area contributed by atoms with E-state index >= 15 is 0 Å². The van der Waals surface area contributed by atoms with E-state index in [1.54, 1.807) is 37.6 Å². The first-order chi connectivity index (χ1) is 14.7. The number of methoxy groups -OCH3 is 1. The minimum atomic E-state index is -0.325. The van der Waals surface area contributed by atoms with Gasteiger partial charge in [0.05, 0.1) is 18.9 Å². The number of nitrogens with one attached hydrogen (secondary N) is 1. The number of hydrogen-bond acceptors (Lipinski definition) is 5. The molecule has 0 aliphatic carbocycles. The van der Waals surface area contributed by atoms with Gasteiger partial charge in [0.2, 0.25) is 0 Å². The van der Waals surface area contributed by atoms with E-state index in [1.165, 1.54) is 16.8 Å². The van der Waals surface area contributed by atoms with Gasteiger partial charge in [-0.25, -0.2) is 5.43 Å². The molecule has 0 saturated carbocycles. The van der Waals surface area contributed by atoms with Crippen molar-refractivity contribution in [2.75, 3.05) is 18.6 Å². The van der Waals surface area contributed by atoms with Crippen molar-refractivity contribution < 1.29 is 14.3 Å². The van der Waals surface area contributed by atoms with Crippen molar-refractivity contribution in [3.05, 3.63) is 59.7 Å². The van der Waals surface area contributed by atoms with E-state index in [0.29, 0.717) is 11.8 Å². The number of anilines is 1. The van der Waals surface area contributed by atoms with E-state index in [4.69, 9.17) is 9.47 Å². The molecule has 1 N–H and O–H groups in total. The summed E-state index contributed by atoms with van der Waals surface area (Å²) in [5.41, 5.74) is 7.03. The number of ether oxygens (including phenoxy) is 2. The standard InChI is InChI=1S/C25H31N3O3/c1-17(2)28-23-12-7-19(13-22(23)18(3)14-25(28,4)5)15-26-27-24(29)16-31-21-10-8-20(30-6)9-11-21/h7-15,17H,16H2,1-6H3,(H,27,29)/b26-15+. The Labute approximate surface area is 184 Å². The highest BCUT2D eigenvalue weighted by atomic mass is 16.5. The SMILES string of the molecule is COc1ccc(OCC(=O)N/N=C/c2ccc3c(c2)C(C)=CC(C)(C)N3C(C)C)cc1. The molecule has 0 fully saturated rings. The first-order valence-corrected chi connectivity index (χ1v) is 10.4. The fourth-order valence-electron chi connectivity index (χ4n) is 4.12. The van der Waals surface area contributed by atoms with Gasteiger partial charge < -0.3 is 14.4 Å². The number of carbonyl (C=O) groups is 1. The molecule has 0 spiro atoms. The molecular weight excluding hydrogens is 390 g/mol. The number of rotatable bonds is 7. The van der Waals surface area contributed by atoms with E-state index in [2.05, 4.69) is 68.3 Å². The number of amides is 1. The highest BCUT2D eigenvalue weighted by Crippen LogP contribution is 2.40. The number of hydrogen-bond donors (Lipinski definition) is 1. The first-order valence-electron chi connectivity index (χ1n) is 10.4. The molecule has 0 saturated heterocycles. The smallest absolute Gasteiger partial charge is 0.277 e. The Hall–Kier alpha value is -3.28. The summed E-state index contributed by atoms with van der Waals surface area (Å²) in [4.78, 5) is 14.4. The van der Waals surface area contributed by atoms with Crippen molar-refractivity contribution in [3.63, 3.8) is 0 Å². The maximum Gasteiger partial charge on any atom is 0.277 e. The van der Waals surface area contributed by atoms with Crippen LogP contribution in [0.5, 0.6) is 11.5 Å². The zero-order valence-corrected chi connectivity index (χ0v) is 19.1. The summed E-state index contributed by atoms with van der Waals surface area (Å²) >= 11 is 0. The van der Waals surface area contributed by atoms with Gasteiger partial charge in [0, 0.05) is 17.3 Å². The van der Waals surface area contributed by atoms with Crippen molar-refractivity contribution in [2.24, 2.45) is 5.10 Å². The Kier molecular flexibility index (Phi) is 6.68. The van der Waals surface area contributed by atoms with E-state index in [1.807, 2.05) is 6.07 Å². The van der Waals surface area contributed by atoms with Crippen LogP contribution in [-0.4, -0.2) is 37.4 Å². The van der Waals surface area contributed by atoms with Crippen LogP contribution in [0, 0.1) is 0 Å². The van der Waals surface area contributed by atoms with E-state index in [9.17, 15) is 4.79 Å². The second-order valence-corrected chi connectivity index (χ2v) is 8.48. The van der Waals surface area contributed by atoms with Crippen molar-refractivity contribution in [1.29, 1.82) is 0 Å². The number of allylic oxidation sites excluding steroid dienone is 1. The Morgan fingerprint density at radius 1 is 1.16 bits per heavy atom. The minimum absolute atomic E-state index is 0.0429. The molecule has 2 aromatic rings. The lowest BCUT2D eigenvalue weighted by atomic mass is 9.87. The Bertz CT molecular complexity index is 992. The largest absolute Gasteiger partial charge is 0.497 e. The Morgan fingerprint density at radius 3 is 2.48 bits per heavy atom. The van der Waals surface area contributed by atoms with Gasteiger partial charge >= 0.3 is 0 Å². The summed E-state index contributed by atoms with van der Waals surface area (Å²) in [7, 11) is 1.60. The lowest BCUT2D eigenvalue weighted by molar-refractivity contribution is -0.123. The topological polar surface area (TPSA) is 63.2 Å².